The van der Waals surface area contributed by atoms with Crippen molar-refractivity contribution in [2.24, 2.45) is 11.3 Å². The number of hydrogen-bond acceptors (Lipinski definition) is 3. The molecule has 1 fully saturated rings. The van der Waals surface area contributed by atoms with Gasteiger partial charge in [-0.15, -0.1) is 0 Å². The lowest BCUT2D eigenvalue weighted by atomic mass is 9.82. The Morgan fingerprint density at radius 3 is 2.30 bits per heavy atom. The summed E-state index contributed by atoms with van der Waals surface area (Å²) in [4.78, 5) is 12.5. The Bertz CT molecular complexity index is 304. The number of carbonyl (C=O) groups excluding carboxylic acids is 1. The molecule has 1 rings (SSSR count). The standard InChI is InChI=1S/C17H33NO2/c1-6-7-8-11-16(2,3)15(19)20-17(4,5)14-9-12-18-13-10-14/h14,18H,6-13H2,1-5H3. The third kappa shape index (κ3) is 5.08. The Hall–Kier alpha value is -0.570. The molecule has 0 aliphatic carbocycles. The van der Waals surface area contributed by atoms with Gasteiger partial charge in [-0.25, -0.2) is 0 Å². The second-order valence-corrected chi connectivity index (χ2v) is 7.36. The number of unbranched alkanes of at least 4 members (excludes halogenated alkanes) is 2. The third-order valence-electron chi connectivity index (χ3n) is 4.64. The zero-order valence-electron chi connectivity index (χ0n) is 14.1. The molecule has 0 atom stereocenters. The fourth-order valence-electron chi connectivity index (χ4n) is 2.90. The zero-order chi connectivity index (χ0) is 15.2. The van der Waals surface area contributed by atoms with Crippen molar-refractivity contribution in [1.29, 1.82) is 0 Å². The van der Waals surface area contributed by atoms with Crippen molar-refractivity contribution in [3.05, 3.63) is 0 Å². The Balaban J connectivity index is 2.53. The van der Waals surface area contributed by atoms with Crippen LogP contribution in [0.1, 0.15) is 73.1 Å². The minimum absolute atomic E-state index is 0.0304. The first-order chi connectivity index (χ1) is 9.29. The molecule has 0 radical (unpaired) electrons. The number of rotatable bonds is 7. The van der Waals surface area contributed by atoms with Crippen LogP contribution in [0, 0.1) is 11.3 Å². The van der Waals surface area contributed by atoms with Gasteiger partial charge in [0.05, 0.1) is 5.41 Å². The lowest BCUT2D eigenvalue weighted by molar-refractivity contribution is -0.174. The predicted molar refractivity (Wildman–Crippen MR) is 83.7 cm³/mol. The maximum atomic E-state index is 12.5. The molecule has 0 amide bonds. The monoisotopic (exact) mass is 283 g/mol. The largest absolute Gasteiger partial charge is 0.459 e. The van der Waals surface area contributed by atoms with E-state index in [1.165, 1.54) is 12.8 Å². The summed E-state index contributed by atoms with van der Waals surface area (Å²) in [6, 6.07) is 0. The maximum absolute atomic E-state index is 12.5. The summed E-state index contributed by atoms with van der Waals surface area (Å²) in [5.74, 6) is 0.441. The van der Waals surface area contributed by atoms with Crippen LogP contribution < -0.4 is 5.32 Å². The van der Waals surface area contributed by atoms with Crippen molar-refractivity contribution in [2.45, 2.75) is 78.7 Å². The van der Waals surface area contributed by atoms with Crippen LogP contribution in [0.25, 0.3) is 0 Å². The first-order valence-electron chi connectivity index (χ1n) is 8.24. The average molecular weight is 283 g/mol. The number of hydrogen-bond donors (Lipinski definition) is 1. The molecule has 1 N–H and O–H groups in total. The van der Waals surface area contributed by atoms with Gasteiger partial charge in [0, 0.05) is 5.92 Å². The molecule has 1 aliphatic rings. The van der Waals surface area contributed by atoms with Gasteiger partial charge in [-0.05, 0) is 60.0 Å². The molecular formula is C17H33NO2. The van der Waals surface area contributed by atoms with Gasteiger partial charge in [0.15, 0.2) is 0 Å². The van der Waals surface area contributed by atoms with E-state index in [9.17, 15) is 4.79 Å². The van der Waals surface area contributed by atoms with Crippen LogP contribution in [-0.4, -0.2) is 24.7 Å². The molecule has 0 aromatic heterocycles. The predicted octanol–water partition coefficient (Wildman–Crippen LogP) is 3.91. The van der Waals surface area contributed by atoms with Crippen LogP contribution in [0.5, 0.6) is 0 Å². The highest BCUT2D eigenvalue weighted by molar-refractivity contribution is 5.76. The van der Waals surface area contributed by atoms with Gasteiger partial charge in [-0.2, -0.15) is 0 Å². The van der Waals surface area contributed by atoms with Gasteiger partial charge in [-0.3, -0.25) is 4.79 Å². The van der Waals surface area contributed by atoms with E-state index < -0.39 is 0 Å². The van der Waals surface area contributed by atoms with E-state index in [1.807, 2.05) is 13.8 Å². The molecule has 0 aromatic carbocycles. The summed E-state index contributed by atoms with van der Waals surface area (Å²) in [5, 5.41) is 3.36. The second kappa shape index (κ2) is 7.44. The van der Waals surface area contributed by atoms with Crippen molar-refractivity contribution in [1.82, 2.24) is 5.32 Å². The van der Waals surface area contributed by atoms with Gasteiger partial charge in [-0.1, -0.05) is 26.2 Å². The van der Waals surface area contributed by atoms with Crippen LogP contribution in [-0.2, 0) is 9.53 Å². The van der Waals surface area contributed by atoms with E-state index in [1.54, 1.807) is 0 Å². The summed E-state index contributed by atoms with van der Waals surface area (Å²) in [6.07, 6.45) is 6.58. The van der Waals surface area contributed by atoms with Crippen molar-refractivity contribution in [3.63, 3.8) is 0 Å². The Labute approximate surface area is 124 Å². The molecule has 0 aromatic rings. The lowest BCUT2D eigenvalue weighted by Crippen LogP contribution is -2.45. The van der Waals surface area contributed by atoms with Crippen LogP contribution in [0.2, 0.25) is 0 Å². The minimum atomic E-state index is -0.362. The second-order valence-electron chi connectivity index (χ2n) is 7.36. The van der Waals surface area contributed by atoms with E-state index in [-0.39, 0.29) is 17.0 Å². The molecule has 118 valence electrons. The lowest BCUT2D eigenvalue weighted by Gasteiger charge is -2.38. The topological polar surface area (TPSA) is 38.3 Å². The number of nitrogens with one attached hydrogen (secondary N) is 1. The highest BCUT2D eigenvalue weighted by Gasteiger charge is 2.38. The molecule has 1 heterocycles. The zero-order valence-corrected chi connectivity index (χ0v) is 14.1. The highest BCUT2D eigenvalue weighted by Crippen LogP contribution is 2.33. The van der Waals surface area contributed by atoms with Gasteiger partial charge >= 0.3 is 5.97 Å². The van der Waals surface area contributed by atoms with Gasteiger partial charge in [0.2, 0.25) is 0 Å². The Kier molecular flexibility index (Phi) is 6.50. The molecule has 3 heteroatoms. The highest BCUT2D eigenvalue weighted by atomic mass is 16.6. The van der Waals surface area contributed by atoms with Crippen molar-refractivity contribution in [3.8, 4) is 0 Å². The summed E-state index contributed by atoms with van der Waals surface area (Å²) in [6.45, 7) is 12.4. The normalized spacial score (nSPS) is 18.1. The van der Waals surface area contributed by atoms with Crippen molar-refractivity contribution in [2.75, 3.05) is 13.1 Å². The van der Waals surface area contributed by atoms with Gasteiger partial charge in [0.1, 0.15) is 5.60 Å². The molecular weight excluding hydrogens is 250 g/mol. The molecule has 3 nitrogen and oxygen atoms in total. The molecule has 0 spiro atoms. The summed E-state index contributed by atoms with van der Waals surface area (Å²) in [7, 11) is 0. The number of carbonyl (C=O) groups is 1. The Morgan fingerprint density at radius 2 is 1.75 bits per heavy atom. The van der Waals surface area contributed by atoms with E-state index >= 15 is 0 Å². The van der Waals surface area contributed by atoms with Gasteiger partial charge in [0.25, 0.3) is 0 Å². The molecule has 0 saturated carbocycles. The molecule has 20 heavy (non-hydrogen) atoms. The minimum Gasteiger partial charge on any atom is -0.459 e. The van der Waals surface area contributed by atoms with E-state index in [0.717, 1.165) is 38.8 Å². The van der Waals surface area contributed by atoms with Crippen LogP contribution >= 0.6 is 0 Å². The fraction of sp³-hybridized carbons (Fsp3) is 0.941. The van der Waals surface area contributed by atoms with Crippen molar-refractivity contribution >= 4 is 5.97 Å². The average Bonchev–Trinajstić information content (AvgIpc) is 2.39. The molecule has 1 saturated heterocycles. The van der Waals surface area contributed by atoms with Crippen LogP contribution in [0.3, 0.4) is 0 Å². The first-order valence-corrected chi connectivity index (χ1v) is 8.24. The third-order valence-corrected chi connectivity index (χ3v) is 4.64. The summed E-state index contributed by atoms with van der Waals surface area (Å²) < 4.78 is 5.91. The number of esters is 1. The van der Waals surface area contributed by atoms with Crippen LogP contribution in [0.15, 0.2) is 0 Å². The summed E-state index contributed by atoms with van der Waals surface area (Å²) in [5.41, 5.74) is -0.708. The quantitative estimate of drug-likeness (QED) is 0.568. The van der Waals surface area contributed by atoms with Crippen molar-refractivity contribution < 1.29 is 9.53 Å². The summed E-state index contributed by atoms with van der Waals surface area (Å²) >= 11 is 0. The van der Waals surface area contributed by atoms with Gasteiger partial charge < -0.3 is 10.1 Å². The molecule has 1 aliphatic heterocycles. The fourth-order valence-corrected chi connectivity index (χ4v) is 2.90. The maximum Gasteiger partial charge on any atom is 0.312 e. The number of ether oxygens (including phenoxy) is 1. The van der Waals surface area contributed by atoms with Crippen LogP contribution in [0.4, 0.5) is 0 Å². The SMILES string of the molecule is CCCCCC(C)(C)C(=O)OC(C)(C)C1CCNCC1. The molecule has 0 bridgehead atoms. The van der Waals surface area contributed by atoms with E-state index in [4.69, 9.17) is 4.74 Å². The van der Waals surface area contributed by atoms with E-state index in [2.05, 4.69) is 26.1 Å². The van der Waals surface area contributed by atoms with E-state index in [0.29, 0.717) is 5.92 Å². The Morgan fingerprint density at radius 1 is 1.15 bits per heavy atom. The smallest absolute Gasteiger partial charge is 0.312 e. The first kappa shape index (κ1) is 17.5. The number of piperidine rings is 1. The molecule has 0 unspecified atom stereocenters.